The van der Waals surface area contributed by atoms with Crippen LogP contribution in [0.15, 0.2) is 72.8 Å². The van der Waals surface area contributed by atoms with E-state index in [1.165, 1.54) is 16.7 Å². The van der Waals surface area contributed by atoms with Crippen molar-refractivity contribution in [3.05, 3.63) is 101 Å². The lowest BCUT2D eigenvalue weighted by Crippen LogP contribution is -2.46. The zero-order chi connectivity index (χ0) is 21.6. The molecule has 0 N–H and O–H groups in total. The highest BCUT2D eigenvalue weighted by atomic mass is 19.1. The number of hydrogen-bond donors (Lipinski definition) is 0. The fourth-order valence-corrected chi connectivity index (χ4v) is 4.36. The summed E-state index contributed by atoms with van der Waals surface area (Å²) >= 11 is 0. The number of rotatable bonds is 7. The largest absolute Gasteiger partial charge is 0.494 e. The molecule has 1 heterocycles. The summed E-state index contributed by atoms with van der Waals surface area (Å²) in [6.45, 7) is 8.55. The first-order valence-corrected chi connectivity index (χ1v) is 11.1. The molecular weight excluding hydrogens is 387 g/mol. The van der Waals surface area contributed by atoms with Gasteiger partial charge in [0.1, 0.15) is 11.6 Å². The molecule has 4 rings (SSSR count). The van der Waals surface area contributed by atoms with Crippen molar-refractivity contribution in [1.82, 2.24) is 9.80 Å². The summed E-state index contributed by atoms with van der Waals surface area (Å²) in [6.07, 6.45) is 1.27. The van der Waals surface area contributed by atoms with Gasteiger partial charge >= 0.3 is 0 Å². The molecule has 4 heteroatoms. The molecule has 0 radical (unpaired) electrons. The van der Waals surface area contributed by atoms with E-state index in [9.17, 15) is 4.39 Å². The molecule has 0 spiro atoms. The summed E-state index contributed by atoms with van der Waals surface area (Å²) in [5.74, 6) is 0.712. The van der Waals surface area contributed by atoms with Gasteiger partial charge in [0, 0.05) is 26.2 Å². The van der Waals surface area contributed by atoms with E-state index in [0.717, 1.165) is 43.9 Å². The van der Waals surface area contributed by atoms with Gasteiger partial charge in [-0.1, -0.05) is 54.1 Å². The van der Waals surface area contributed by atoms with Crippen LogP contribution >= 0.6 is 0 Å². The molecule has 1 atom stereocenters. The average Bonchev–Trinajstić information content (AvgIpc) is 2.78. The molecule has 3 aromatic carbocycles. The molecular formula is C27H31FN2O. The zero-order valence-corrected chi connectivity index (χ0v) is 18.4. The molecule has 1 aliphatic rings. The van der Waals surface area contributed by atoms with Crippen molar-refractivity contribution >= 4 is 0 Å². The first-order chi connectivity index (χ1) is 15.1. The van der Waals surface area contributed by atoms with E-state index >= 15 is 0 Å². The minimum atomic E-state index is -0.188. The molecule has 0 unspecified atom stereocenters. The van der Waals surface area contributed by atoms with Gasteiger partial charge in [-0.15, -0.1) is 0 Å². The molecule has 1 aliphatic heterocycles. The maximum absolute atomic E-state index is 13.4. The lowest BCUT2D eigenvalue weighted by molar-refractivity contribution is -0.00912. The predicted molar refractivity (Wildman–Crippen MR) is 123 cm³/mol. The van der Waals surface area contributed by atoms with Gasteiger partial charge in [-0.05, 0) is 61.2 Å². The third-order valence-electron chi connectivity index (χ3n) is 5.88. The lowest BCUT2D eigenvalue weighted by atomic mass is 10.0. The summed E-state index contributed by atoms with van der Waals surface area (Å²) < 4.78 is 19.1. The third kappa shape index (κ3) is 5.52. The molecule has 1 saturated heterocycles. The van der Waals surface area contributed by atoms with Crippen LogP contribution in [0.3, 0.4) is 0 Å². The van der Waals surface area contributed by atoms with Crippen molar-refractivity contribution in [3.8, 4) is 5.75 Å². The number of nitrogens with zero attached hydrogens (tertiary/aromatic N) is 2. The first-order valence-electron chi connectivity index (χ1n) is 11.1. The number of benzene rings is 3. The normalized spacial score (nSPS) is 17.6. The predicted octanol–water partition coefficient (Wildman–Crippen LogP) is 5.94. The molecule has 3 aromatic rings. The second-order valence-corrected chi connectivity index (χ2v) is 8.28. The first kappa shape index (κ1) is 21.5. The van der Waals surface area contributed by atoms with Crippen LogP contribution in [0, 0.1) is 12.7 Å². The van der Waals surface area contributed by atoms with Crippen LogP contribution in [-0.2, 0) is 13.1 Å². The molecule has 0 bridgehead atoms. The minimum Gasteiger partial charge on any atom is -0.494 e. The Bertz CT molecular complexity index is 899. The molecule has 1 fully saturated rings. The van der Waals surface area contributed by atoms with Crippen LogP contribution in [0.25, 0.3) is 0 Å². The van der Waals surface area contributed by atoms with Crippen LogP contribution in [0.1, 0.15) is 41.8 Å². The number of aryl methyl sites for hydroxylation is 1. The van der Waals surface area contributed by atoms with Crippen molar-refractivity contribution in [2.45, 2.75) is 39.5 Å². The van der Waals surface area contributed by atoms with Gasteiger partial charge in [0.25, 0.3) is 0 Å². The van der Waals surface area contributed by atoms with Crippen LogP contribution in [0.2, 0.25) is 0 Å². The Hall–Kier alpha value is -2.69. The minimum absolute atomic E-state index is 0.163. The SMILES string of the molecule is CCOc1ccc([C@H]2N(Cc3ccc(C)cc3)CCCN2Cc2ccc(F)cc2)cc1. The quantitative estimate of drug-likeness (QED) is 0.472. The number of hydrogen-bond acceptors (Lipinski definition) is 3. The van der Waals surface area contributed by atoms with E-state index < -0.39 is 0 Å². The van der Waals surface area contributed by atoms with Gasteiger partial charge in [0.2, 0.25) is 0 Å². The second kappa shape index (κ2) is 10.1. The highest BCUT2D eigenvalue weighted by Crippen LogP contribution is 2.33. The summed E-state index contributed by atoms with van der Waals surface area (Å²) in [5.41, 5.74) is 5.00. The van der Waals surface area contributed by atoms with E-state index in [2.05, 4.69) is 65.3 Å². The van der Waals surface area contributed by atoms with E-state index in [4.69, 9.17) is 4.74 Å². The second-order valence-electron chi connectivity index (χ2n) is 8.28. The van der Waals surface area contributed by atoms with Gasteiger partial charge in [-0.2, -0.15) is 0 Å². The van der Waals surface area contributed by atoms with Crippen LogP contribution < -0.4 is 4.74 Å². The summed E-state index contributed by atoms with van der Waals surface area (Å²) in [7, 11) is 0. The summed E-state index contributed by atoms with van der Waals surface area (Å²) in [6, 6.07) is 24.2. The van der Waals surface area contributed by atoms with Gasteiger partial charge in [0.05, 0.1) is 12.8 Å². The van der Waals surface area contributed by atoms with Crippen molar-refractivity contribution in [1.29, 1.82) is 0 Å². The Morgan fingerprint density at radius 3 is 1.90 bits per heavy atom. The lowest BCUT2D eigenvalue weighted by Gasteiger charge is -2.44. The van der Waals surface area contributed by atoms with Gasteiger partial charge in [-0.25, -0.2) is 4.39 Å². The molecule has 3 nitrogen and oxygen atoms in total. The molecule has 0 saturated carbocycles. The van der Waals surface area contributed by atoms with Crippen LogP contribution in [0.4, 0.5) is 4.39 Å². The van der Waals surface area contributed by atoms with Crippen LogP contribution in [-0.4, -0.2) is 29.5 Å². The van der Waals surface area contributed by atoms with Crippen molar-refractivity contribution in [2.24, 2.45) is 0 Å². The van der Waals surface area contributed by atoms with Gasteiger partial charge in [-0.3, -0.25) is 9.80 Å². The Morgan fingerprint density at radius 1 is 0.806 bits per heavy atom. The van der Waals surface area contributed by atoms with Gasteiger partial charge < -0.3 is 4.74 Å². The molecule has 0 aliphatic carbocycles. The highest BCUT2D eigenvalue weighted by molar-refractivity contribution is 5.30. The monoisotopic (exact) mass is 418 g/mol. The summed E-state index contributed by atoms with van der Waals surface area (Å²) in [5, 5.41) is 0. The Morgan fingerprint density at radius 2 is 1.35 bits per heavy atom. The number of ether oxygens (including phenoxy) is 1. The standard InChI is InChI=1S/C27H31FN2O/c1-3-31-26-15-11-24(12-16-26)27-29(19-22-7-5-21(2)6-8-22)17-4-18-30(27)20-23-9-13-25(28)14-10-23/h5-16,27H,3-4,17-20H2,1-2H3/t27-/m0/s1. The fourth-order valence-electron chi connectivity index (χ4n) is 4.36. The van der Waals surface area contributed by atoms with E-state index in [1.54, 1.807) is 12.1 Å². The van der Waals surface area contributed by atoms with E-state index in [-0.39, 0.29) is 12.0 Å². The Balaban J connectivity index is 1.61. The van der Waals surface area contributed by atoms with E-state index in [1.807, 2.05) is 19.1 Å². The number of halogens is 1. The molecule has 31 heavy (non-hydrogen) atoms. The van der Waals surface area contributed by atoms with Crippen molar-refractivity contribution in [3.63, 3.8) is 0 Å². The topological polar surface area (TPSA) is 15.7 Å². The zero-order valence-electron chi connectivity index (χ0n) is 18.4. The third-order valence-corrected chi connectivity index (χ3v) is 5.88. The molecule has 0 aromatic heterocycles. The molecule has 162 valence electrons. The van der Waals surface area contributed by atoms with Gasteiger partial charge in [0.15, 0.2) is 0 Å². The molecule has 0 amide bonds. The van der Waals surface area contributed by atoms with Crippen molar-refractivity contribution in [2.75, 3.05) is 19.7 Å². The van der Waals surface area contributed by atoms with Crippen molar-refractivity contribution < 1.29 is 9.13 Å². The Kier molecular flexibility index (Phi) is 7.00. The fraction of sp³-hybridized carbons (Fsp3) is 0.333. The average molecular weight is 419 g/mol. The smallest absolute Gasteiger partial charge is 0.123 e. The summed E-state index contributed by atoms with van der Waals surface area (Å²) in [4.78, 5) is 5.05. The maximum Gasteiger partial charge on any atom is 0.123 e. The Labute approximate surface area is 185 Å². The maximum atomic E-state index is 13.4. The highest BCUT2D eigenvalue weighted by Gasteiger charge is 2.30. The van der Waals surface area contributed by atoms with E-state index in [0.29, 0.717) is 6.61 Å². The van der Waals surface area contributed by atoms with Crippen LogP contribution in [0.5, 0.6) is 5.75 Å².